The van der Waals surface area contributed by atoms with Crippen LogP contribution < -0.4 is 16.4 Å². The minimum atomic E-state index is -0.532. The molecule has 1 aromatic rings. The zero-order valence-electron chi connectivity index (χ0n) is 10.7. The predicted molar refractivity (Wildman–Crippen MR) is 78.9 cm³/mol. The summed E-state index contributed by atoms with van der Waals surface area (Å²) < 4.78 is 4.96. The number of nitrogens with one attached hydrogen (secondary N) is 2. The number of nitrogens with two attached hydrogens (primary N) is 1. The lowest BCUT2D eigenvalue weighted by molar-refractivity contribution is -0.137. The van der Waals surface area contributed by atoms with Crippen LogP contribution >= 0.6 is 12.2 Å². The quantitative estimate of drug-likeness (QED) is 0.566. The fourth-order valence-corrected chi connectivity index (χ4v) is 2.15. The Bertz CT molecular complexity index is 581. The Morgan fingerprint density at radius 3 is 2.84 bits per heavy atom. The molecule has 1 aromatic carbocycles. The lowest BCUT2D eigenvalue weighted by Gasteiger charge is -2.11. The molecule has 0 aromatic heterocycles. The molecule has 0 unspecified atom stereocenters. The molecule has 0 atom stereocenters. The molecule has 0 saturated carbocycles. The SMILES string of the molecule is CCOC(=O)C1=C(N)Nc2cccc(C)c2NC1=S. The summed E-state index contributed by atoms with van der Waals surface area (Å²) in [6.07, 6.45) is 0. The van der Waals surface area contributed by atoms with E-state index in [1.807, 2.05) is 25.1 Å². The predicted octanol–water partition coefficient (Wildman–Crippen LogP) is 1.89. The molecule has 1 aliphatic heterocycles. The second-order valence-corrected chi connectivity index (χ2v) is 4.49. The monoisotopic (exact) mass is 277 g/mol. The molecular formula is C13H15N3O2S. The first kappa shape index (κ1) is 13.4. The first-order valence-corrected chi connectivity index (χ1v) is 6.30. The number of esters is 1. The molecule has 1 heterocycles. The molecule has 4 N–H and O–H groups in total. The van der Waals surface area contributed by atoms with Gasteiger partial charge >= 0.3 is 5.97 Å². The van der Waals surface area contributed by atoms with Crippen molar-refractivity contribution in [2.45, 2.75) is 13.8 Å². The minimum Gasteiger partial charge on any atom is -0.462 e. The third-order valence-corrected chi connectivity index (χ3v) is 3.06. The summed E-state index contributed by atoms with van der Waals surface area (Å²) in [5, 5.41) is 6.03. The van der Waals surface area contributed by atoms with E-state index in [1.54, 1.807) is 6.92 Å². The van der Waals surface area contributed by atoms with Crippen LogP contribution in [0.4, 0.5) is 11.4 Å². The van der Waals surface area contributed by atoms with E-state index in [0.29, 0.717) is 0 Å². The van der Waals surface area contributed by atoms with E-state index < -0.39 is 5.97 Å². The molecule has 0 bridgehead atoms. The van der Waals surface area contributed by atoms with Gasteiger partial charge in [-0.2, -0.15) is 0 Å². The summed E-state index contributed by atoms with van der Waals surface area (Å²) in [7, 11) is 0. The number of aryl methyl sites for hydroxylation is 1. The third-order valence-electron chi connectivity index (χ3n) is 2.76. The number of thiocarbonyl (C=S) groups is 1. The highest BCUT2D eigenvalue weighted by molar-refractivity contribution is 7.81. The normalized spacial score (nSPS) is 14.1. The highest BCUT2D eigenvalue weighted by atomic mass is 32.1. The van der Waals surface area contributed by atoms with Crippen molar-refractivity contribution in [2.24, 2.45) is 5.73 Å². The standard InChI is InChI=1S/C13H15N3O2S/c1-3-18-13(17)9-11(14)15-8-6-4-5-7(2)10(8)16-12(9)19/h4-6,15H,3,14H2,1-2H3,(H,16,19). The number of carbonyl (C=O) groups is 1. The number of ether oxygens (including phenoxy) is 1. The molecule has 19 heavy (non-hydrogen) atoms. The van der Waals surface area contributed by atoms with Crippen LogP contribution in [0.1, 0.15) is 12.5 Å². The van der Waals surface area contributed by atoms with Crippen molar-refractivity contribution in [3.05, 3.63) is 35.2 Å². The maximum absolute atomic E-state index is 11.9. The summed E-state index contributed by atoms with van der Waals surface area (Å²) >= 11 is 5.23. The van der Waals surface area contributed by atoms with Crippen LogP contribution in [0.5, 0.6) is 0 Å². The molecule has 0 saturated heterocycles. The Hall–Kier alpha value is -2.08. The Morgan fingerprint density at radius 1 is 1.42 bits per heavy atom. The van der Waals surface area contributed by atoms with E-state index in [9.17, 15) is 4.79 Å². The van der Waals surface area contributed by atoms with Gasteiger partial charge in [0.1, 0.15) is 16.4 Å². The van der Waals surface area contributed by atoms with Crippen molar-refractivity contribution in [1.29, 1.82) is 0 Å². The lowest BCUT2D eigenvalue weighted by atomic mass is 10.1. The van der Waals surface area contributed by atoms with Crippen LogP contribution in [0.2, 0.25) is 0 Å². The van der Waals surface area contributed by atoms with Crippen molar-refractivity contribution in [2.75, 3.05) is 17.2 Å². The van der Waals surface area contributed by atoms with Crippen molar-refractivity contribution in [3.8, 4) is 0 Å². The van der Waals surface area contributed by atoms with E-state index in [4.69, 9.17) is 22.7 Å². The molecule has 2 rings (SSSR count). The second kappa shape index (κ2) is 5.27. The highest BCUT2D eigenvalue weighted by Gasteiger charge is 2.25. The summed E-state index contributed by atoms with van der Waals surface area (Å²) in [5.41, 5.74) is 8.66. The first-order chi connectivity index (χ1) is 9.04. The zero-order valence-corrected chi connectivity index (χ0v) is 11.6. The number of benzene rings is 1. The van der Waals surface area contributed by atoms with Crippen molar-refractivity contribution in [1.82, 2.24) is 0 Å². The average molecular weight is 277 g/mol. The van der Waals surface area contributed by atoms with Crippen LogP contribution in [-0.2, 0) is 9.53 Å². The average Bonchev–Trinajstić information content (AvgIpc) is 2.46. The topological polar surface area (TPSA) is 76.4 Å². The third kappa shape index (κ3) is 2.53. The van der Waals surface area contributed by atoms with E-state index in [-0.39, 0.29) is 23.0 Å². The Morgan fingerprint density at radius 2 is 2.16 bits per heavy atom. The largest absolute Gasteiger partial charge is 0.462 e. The number of hydrogen-bond donors (Lipinski definition) is 3. The first-order valence-electron chi connectivity index (χ1n) is 5.89. The molecule has 1 aliphatic rings. The molecule has 100 valence electrons. The van der Waals surface area contributed by atoms with Crippen LogP contribution in [-0.4, -0.2) is 17.6 Å². The van der Waals surface area contributed by atoms with E-state index in [0.717, 1.165) is 16.9 Å². The van der Waals surface area contributed by atoms with Gasteiger partial charge in [0.15, 0.2) is 0 Å². The van der Waals surface area contributed by atoms with E-state index in [1.165, 1.54) is 0 Å². The smallest absolute Gasteiger partial charge is 0.344 e. The number of fused-ring (bicyclic) bond motifs is 1. The Balaban J connectivity index is 2.44. The summed E-state index contributed by atoms with van der Waals surface area (Å²) in [5.74, 6) is -0.337. The van der Waals surface area contributed by atoms with Gasteiger partial charge in [0, 0.05) is 0 Å². The molecule has 0 amide bonds. The summed E-state index contributed by atoms with van der Waals surface area (Å²) in [4.78, 5) is 12.1. The van der Waals surface area contributed by atoms with E-state index in [2.05, 4.69) is 10.6 Å². The van der Waals surface area contributed by atoms with Crippen LogP contribution in [0.25, 0.3) is 0 Å². The Labute approximate surface area is 116 Å². The number of hydrogen-bond acceptors (Lipinski definition) is 5. The molecule has 0 radical (unpaired) electrons. The van der Waals surface area contributed by atoms with E-state index >= 15 is 0 Å². The van der Waals surface area contributed by atoms with Gasteiger partial charge < -0.3 is 21.1 Å². The van der Waals surface area contributed by atoms with Crippen LogP contribution in [0, 0.1) is 6.92 Å². The molecule has 0 aliphatic carbocycles. The van der Waals surface area contributed by atoms with Gasteiger partial charge in [0.25, 0.3) is 0 Å². The van der Waals surface area contributed by atoms with Gasteiger partial charge in [-0.3, -0.25) is 0 Å². The maximum Gasteiger partial charge on any atom is 0.344 e. The number of anilines is 2. The molecule has 0 spiro atoms. The minimum absolute atomic E-state index is 0.160. The number of carbonyl (C=O) groups excluding carboxylic acids is 1. The molecule has 6 heteroatoms. The van der Waals surface area contributed by atoms with Gasteiger partial charge in [-0.1, -0.05) is 24.4 Å². The Kier molecular flexibility index (Phi) is 3.71. The van der Waals surface area contributed by atoms with Gasteiger partial charge in [0.05, 0.1) is 18.0 Å². The fraction of sp³-hybridized carbons (Fsp3) is 0.231. The van der Waals surface area contributed by atoms with Gasteiger partial charge in [-0.15, -0.1) is 0 Å². The number of para-hydroxylation sites is 1. The molecule has 5 nitrogen and oxygen atoms in total. The number of rotatable bonds is 2. The van der Waals surface area contributed by atoms with Gasteiger partial charge in [-0.25, -0.2) is 4.79 Å². The second-order valence-electron chi connectivity index (χ2n) is 4.09. The van der Waals surface area contributed by atoms with Crippen molar-refractivity contribution < 1.29 is 9.53 Å². The van der Waals surface area contributed by atoms with Gasteiger partial charge in [0.2, 0.25) is 0 Å². The van der Waals surface area contributed by atoms with Crippen molar-refractivity contribution >= 4 is 34.6 Å². The van der Waals surface area contributed by atoms with Crippen LogP contribution in [0.3, 0.4) is 0 Å². The zero-order chi connectivity index (χ0) is 14.0. The summed E-state index contributed by atoms with van der Waals surface area (Å²) in [6.45, 7) is 3.94. The fourth-order valence-electron chi connectivity index (χ4n) is 1.85. The molecular weight excluding hydrogens is 262 g/mol. The maximum atomic E-state index is 11.9. The lowest BCUT2D eigenvalue weighted by Crippen LogP contribution is -2.25. The van der Waals surface area contributed by atoms with Gasteiger partial charge in [-0.05, 0) is 25.5 Å². The molecule has 0 fully saturated rings. The summed E-state index contributed by atoms with van der Waals surface area (Å²) in [6, 6.07) is 5.70. The van der Waals surface area contributed by atoms with Crippen molar-refractivity contribution in [3.63, 3.8) is 0 Å². The highest BCUT2D eigenvalue weighted by Crippen LogP contribution is 2.30. The van der Waals surface area contributed by atoms with Crippen LogP contribution in [0.15, 0.2) is 29.6 Å².